The van der Waals surface area contributed by atoms with E-state index >= 15 is 0 Å². The van der Waals surface area contributed by atoms with Gasteiger partial charge in [-0.15, -0.1) is 11.8 Å². The van der Waals surface area contributed by atoms with Gasteiger partial charge in [-0.1, -0.05) is 22.3 Å². The Bertz CT molecular complexity index is 2770. The third kappa shape index (κ3) is 26.4. The van der Waals surface area contributed by atoms with Gasteiger partial charge in [0.25, 0.3) is 0 Å². The lowest BCUT2D eigenvalue weighted by molar-refractivity contribution is -0.141. The quantitative estimate of drug-likeness (QED) is 0.0181. The first kappa shape index (κ1) is 72.6. The summed E-state index contributed by atoms with van der Waals surface area (Å²) < 4.78 is 13.0. The number of carbonyl (C=O) groups is 10. The van der Waals surface area contributed by atoms with Crippen molar-refractivity contribution in [3.8, 4) is 11.4 Å². The van der Waals surface area contributed by atoms with E-state index in [-0.39, 0.29) is 78.7 Å². The van der Waals surface area contributed by atoms with Crippen LogP contribution in [0.3, 0.4) is 0 Å². The van der Waals surface area contributed by atoms with Gasteiger partial charge in [0.15, 0.2) is 11.6 Å². The minimum atomic E-state index is -1.29. The molecule has 2 amide bonds. The molecule has 0 spiro atoms. The molecule has 4 aromatic heterocycles. The molecule has 32 nitrogen and oxygen atoms in total. The molecule has 0 saturated carbocycles. The number of ketones is 2. The molecule has 4 rings (SSSR count). The van der Waals surface area contributed by atoms with Crippen molar-refractivity contribution >= 4 is 89.8 Å². The van der Waals surface area contributed by atoms with E-state index in [4.69, 9.17) is 36.6 Å². The van der Waals surface area contributed by atoms with E-state index in [0.29, 0.717) is 11.4 Å². The van der Waals surface area contributed by atoms with Crippen LogP contribution in [0, 0.1) is 0 Å². The fourth-order valence-corrected chi connectivity index (χ4v) is 7.03. The minimum absolute atomic E-state index is 0. The molecule has 5 atom stereocenters. The zero-order valence-corrected chi connectivity index (χ0v) is 42.1. The summed E-state index contributed by atoms with van der Waals surface area (Å²) >= 11 is 4.83. The Morgan fingerprint density at radius 2 is 1.14 bits per heavy atom. The smallest absolute Gasteiger partial charge is 0.372 e. The summed E-state index contributed by atoms with van der Waals surface area (Å²) in [4.78, 5) is 146. The van der Waals surface area contributed by atoms with Crippen LogP contribution < -0.4 is 33.5 Å². The second-order valence-corrected chi connectivity index (χ2v) is 16.8. The van der Waals surface area contributed by atoms with Crippen molar-refractivity contribution in [3.05, 3.63) is 76.1 Å². The maximum Gasteiger partial charge on any atom is 0.372 e. The van der Waals surface area contributed by atoms with Crippen LogP contribution in [0.25, 0.3) is 17.6 Å². The number of thiol groups is 1. The van der Waals surface area contributed by atoms with Crippen molar-refractivity contribution in [1.29, 1.82) is 0 Å². The fourth-order valence-electron chi connectivity index (χ4n) is 5.52. The maximum absolute atomic E-state index is 13.0. The Hall–Kier alpha value is -8.50. The summed E-state index contributed by atoms with van der Waals surface area (Å²) in [6, 6.07) is 1.97. The average molecular weight is 1160 g/mol. The summed E-state index contributed by atoms with van der Waals surface area (Å²) in [7, 11) is 2.39. The normalized spacial score (nSPS) is 12.2. The highest BCUT2D eigenvalue weighted by molar-refractivity contribution is 7.99. The van der Waals surface area contributed by atoms with E-state index in [1.807, 2.05) is 0 Å². The number of aliphatic carboxylic acids is 4. The molecule has 1 unspecified atom stereocenters. The molecule has 0 aliphatic heterocycles. The molecule has 0 aliphatic carbocycles. The van der Waals surface area contributed by atoms with E-state index in [1.54, 1.807) is 30.5 Å². The zero-order valence-electron chi connectivity index (χ0n) is 40.4. The average Bonchev–Trinajstić information content (AvgIpc) is 3.98. The van der Waals surface area contributed by atoms with Crippen LogP contribution in [0.15, 0.2) is 64.7 Å². The van der Waals surface area contributed by atoms with Crippen molar-refractivity contribution in [3.63, 3.8) is 0 Å². The summed E-state index contributed by atoms with van der Waals surface area (Å²) in [5.74, 6) is -8.48. The van der Waals surface area contributed by atoms with Gasteiger partial charge in [-0.05, 0) is 58.0 Å². The summed E-state index contributed by atoms with van der Waals surface area (Å²) in [6.07, 6.45) is 5.77. The molecule has 0 aliphatic rings. The number of tetrazole rings is 2. The monoisotopic (exact) mass is 1150 g/mol. The van der Waals surface area contributed by atoms with Crippen LogP contribution in [0.1, 0.15) is 85.4 Å². The molecule has 0 radical (unpaired) electrons. The number of carboxylic acid groups (broad SMARTS) is 4. The molecule has 0 saturated heterocycles. The Morgan fingerprint density at radius 3 is 1.57 bits per heavy atom. The van der Waals surface area contributed by atoms with Crippen LogP contribution in [-0.2, 0) is 57.4 Å². The van der Waals surface area contributed by atoms with Gasteiger partial charge in [0.05, 0.1) is 69.3 Å². The number of carbonyl (C=O) groups excluding carboxylic acids is 6. The van der Waals surface area contributed by atoms with Crippen molar-refractivity contribution in [2.75, 3.05) is 25.7 Å². The number of nitrogens with two attached hydrogens (primary N) is 2. The number of carboxylic acids is 4. The number of rotatable bonds is 29. The number of hydrogen-bond acceptors (Lipinski definition) is 24. The van der Waals surface area contributed by atoms with Crippen molar-refractivity contribution in [2.45, 2.75) is 110 Å². The molecule has 0 aromatic carbocycles. The minimum Gasteiger partial charge on any atom is -0.481 e. The lowest BCUT2D eigenvalue weighted by Gasteiger charge is -2.21. The molecule has 4 heterocycles. The summed E-state index contributed by atoms with van der Waals surface area (Å²) in [5.41, 5.74) is 10.2. The van der Waals surface area contributed by atoms with Gasteiger partial charge in [0.2, 0.25) is 11.8 Å². The van der Waals surface area contributed by atoms with E-state index < -0.39 is 113 Å². The number of nitrogens with one attached hydrogen (secondary N) is 2. The van der Waals surface area contributed by atoms with Crippen molar-refractivity contribution < 1.29 is 77.8 Å². The van der Waals surface area contributed by atoms with Gasteiger partial charge in [-0.2, -0.15) is 31.4 Å². The lowest BCUT2D eigenvalue weighted by Crippen LogP contribution is -2.44. The van der Waals surface area contributed by atoms with Gasteiger partial charge in [0, 0.05) is 61.9 Å². The number of ether oxygens (including phenoxy) is 2. The van der Waals surface area contributed by atoms with Crippen LogP contribution in [0.2, 0.25) is 0 Å². The number of aromatic nitrogens is 10. The predicted molar refractivity (Wildman–Crippen MR) is 284 cm³/mol. The molecule has 10 N–H and O–H groups in total. The number of hydrogen-bond donors (Lipinski definition) is 9. The first-order valence-corrected chi connectivity index (χ1v) is 23.7. The van der Waals surface area contributed by atoms with Gasteiger partial charge in [-0.3, -0.25) is 53.1 Å². The Morgan fingerprint density at radius 1 is 0.671 bits per heavy atom. The molecule has 79 heavy (non-hydrogen) atoms. The molecule has 4 aromatic rings. The number of esters is 2. The molecule has 34 heteroatoms. The number of nitrogens with zero attached hydrogens (tertiary/aromatic N) is 10. The second-order valence-electron chi connectivity index (χ2n) is 15.2. The van der Waals surface area contributed by atoms with Gasteiger partial charge >= 0.3 is 47.2 Å². The molecular formula is C45H66N14O18S2. The largest absolute Gasteiger partial charge is 0.481 e. The van der Waals surface area contributed by atoms with E-state index in [9.17, 15) is 57.5 Å². The van der Waals surface area contributed by atoms with Crippen LogP contribution in [0.4, 0.5) is 0 Å². The number of methoxy groups -OCH3 is 2. The zero-order chi connectivity index (χ0) is 56.9. The Kier molecular flexibility index (Phi) is 35.0. The van der Waals surface area contributed by atoms with Crippen molar-refractivity contribution in [1.82, 2.24) is 60.2 Å². The van der Waals surface area contributed by atoms with Crippen LogP contribution >= 0.6 is 24.4 Å². The predicted octanol–water partition coefficient (Wildman–Crippen LogP) is -0.867. The first-order valence-electron chi connectivity index (χ1n) is 22.0. The van der Waals surface area contributed by atoms with Gasteiger partial charge < -0.3 is 52.0 Å². The SMILES string of the molecule is C.C.C.COC(=O)/C=C/n1nnn(-c2cccnc2)c1=O.COC(=O)CC(SC[C@H](NC(=O)CC[C@H](N)C(=O)O)C(=O)CCC(=O)O)n1nnn(-c2cccnc2)c1=O.N[C@@H](CCC(=O)N[C@@H](CS)C(=O)CCC(=O)O)C(=O)O. The molecule has 436 valence electrons. The molecule has 0 bridgehead atoms. The summed E-state index contributed by atoms with van der Waals surface area (Å²) in [5, 5.41) is 53.5. The number of Topliss-reactive ketones (excluding diaryl/α,β-unsaturated/α-hetero) is 2. The first-order chi connectivity index (χ1) is 36.0. The van der Waals surface area contributed by atoms with Crippen molar-refractivity contribution in [2.24, 2.45) is 11.5 Å². The second kappa shape index (κ2) is 38.1. The molecule has 0 fully saturated rings. The third-order valence-corrected chi connectivity index (χ3v) is 11.3. The topological polar surface area (TPSA) is 477 Å². The van der Waals surface area contributed by atoms with Gasteiger partial charge in [-0.25, -0.2) is 14.4 Å². The van der Waals surface area contributed by atoms with E-state index in [1.165, 1.54) is 31.9 Å². The Labute approximate surface area is 460 Å². The number of thioether (sulfide) groups is 1. The standard InChI is InChI=1S/C21H27N7O9S.C11H18N2O6S.C10H9N5O3.3CH4/c1-37-19(33)9-17(28-21(36)27(25-26-28)12-3-2-8-23-10-12)38-11-14(15(29)5-7-18(31)32)24-16(30)6-4-13(22)20(34)35;12-6(11(18)19)1-3-9(15)13-7(5-20)8(14)2-4-10(16)17;1-18-9(16)4-6-14-10(17)15(13-12-14)8-3-2-5-11-7-8;;;/h2-3,8,10,13-14,17H,4-7,9,11,22H2,1H3,(H,24,30)(H,31,32)(H,34,35);6-7,20H,1-5,12H2,(H,13,15)(H,16,17)(H,18,19);2-7H,1H3;3*1H4/b;;6-4+;;;/t13-,14-,17?;6-,7-;;;;/m00..../s1. The Balaban J connectivity index is 0. The highest BCUT2D eigenvalue weighted by atomic mass is 32.2. The van der Waals surface area contributed by atoms with E-state index in [2.05, 4.69) is 58.8 Å². The van der Waals surface area contributed by atoms with E-state index in [0.717, 1.165) is 43.7 Å². The fraction of sp³-hybridized carbons (Fsp3) is 0.467. The van der Waals surface area contributed by atoms with Crippen LogP contribution in [-0.4, -0.2) is 179 Å². The van der Waals surface area contributed by atoms with Crippen LogP contribution in [0.5, 0.6) is 0 Å². The molecular weight excluding hydrogens is 1090 g/mol. The summed E-state index contributed by atoms with van der Waals surface area (Å²) in [6.45, 7) is 0. The number of pyridine rings is 2. The number of amides is 2. The third-order valence-electron chi connectivity index (χ3n) is 9.64. The van der Waals surface area contributed by atoms with Gasteiger partial charge in [0.1, 0.15) is 17.5 Å². The maximum atomic E-state index is 13.0. The highest BCUT2D eigenvalue weighted by Crippen LogP contribution is 2.26. The highest BCUT2D eigenvalue weighted by Gasteiger charge is 2.28. The lowest BCUT2D eigenvalue weighted by atomic mass is 10.1.